The van der Waals surface area contributed by atoms with E-state index < -0.39 is 9.84 Å². The van der Waals surface area contributed by atoms with Crippen LogP contribution in [0.15, 0.2) is 4.99 Å². The van der Waals surface area contributed by atoms with Crippen LogP contribution < -0.4 is 0 Å². The van der Waals surface area contributed by atoms with E-state index in [4.69, 9.17) is 0 Å². The number of carbonyl (C=O) groups is 1. The van der Waals surface area contributed by atoms with E-state index in [9.17, 15) is 13.2 Å². The predicted molar refractivity (Wildman–Crippen MR) is 73.5 cm³/mol. The number of nitrogens with zero attached hydrogens (tertiary/aromatic N) is 2. The lowest BCUT2D eigenvalue weighted by Crippen LogP contribution is -2.37. The fraction of sp³-hybridized carbons (Fsp3) is 0.818. The molecule has 2 aliphatic heterocycles. The molecule has 2 saturated heterocycles. The van der Waals surface area contributed by atoms with Crippen molar-refractivity contribution in [2.75, 3.05) is 18.1 Å². The Bertz CT molecular complexity index is 485. The second kappa shape index (κ2) is 4.85. The molecule has 7 heteroatoms. The lowest BCUT2D eigenvalue weighted by Gasteiger charge is -2.22. The molecule has 0 saturated carbocycles. The number of carbonyl (C=O) groups excluding carboxylic acids is 1. The molecule has 102 valence electrons. The van der Waals surface area contributed by atoms with Gasteiger partial charge in [0.05, 0.1) is 17.5 Å². The second-order valence-electron chi connectivity index (χ2n) is 4.97. The molecular formula is C11H18N2O3S2. The van der Waals surface area contributed by atoms with Gasteiger partial charge in [-0.25, -0.2) is 8.42 Å². The van der Waals surface area contributed by atoms with E-state index >= 15 is 0 Å². The molecule has 2 aliphatic rings. The zero-order chi connectivity index (χ0) is 13.5. The highest BCUT2D eigenvalue weighted by Crippen LogP contribution is 2.37. The van der Waals surface area contributed by atoms with Gasteiger partial charge in [0.2, 0.25) is 0 Å². The maximum absolute atomic E-state index is 11.7. The van der Waals surface area contributed by atoms with Gasteiger partial charge in [-0.2, -0.15) is 4.99 Å². The monoisotopic (exact) mass is 290 g/mol. The Hall–Kier alpha value is -0.560. The van der Waals surface area contributed by atoms with Crippen molar-refractivity contribution in [2.45, 2.75) is 32.1 Å². The highest BCUT2D eigenvalue weighted by molar-refractivity contribution is 8.15. The third-order valence-corrected chi connectivity index (χ3v) is 6.46. The zero-order valence-electron chi connectivity index (χ0n) is 10.8. The van der Waals surface area contributed by atoms with E-state index in [-0.39, 0.29) is 34.6 Å². The molecule has 1 amide bonds. The lowest BCUT2D eigenvalue weighted by atomic mass is 10.2. The summed E-state index contributed by atoms with van der Waals surface area (Å²) >= 11 is 1.44. The molecule has 2 fully saturated rings. The normalized spacial score (nSPS) is 32.2. The van der Waals surface area contributed by atoms with Gasteiger partial charge in [-0.05, 0) is 6.92 Å². The van der Waals surface area contributed by atoms with Gasteiger partial charge in [-0.3, -0.25) is 4.79 Å². The average Bonchev–Trinajstić information content (AvgIpc) is 2.68. The molecule has 2 atom stereocenters. The minimum Gasteiger partial charge on any atom is -0.346 e. The van der Waals surface area contributed by atoms with Crippen molar-refractivity contribution in [3.8, 4) is 0 Å². The number of hydrogen-bond donors (Lipinski definition) is 0. The maximum atomic E-state index is 11.7. The third kappa shape index (κ3) is 2.56. The number of aliphatic imine (C=N–C) groups is 1. The Labute approximate surface area is 112 Å². The first-order chi connectivity index (χ1) is 8.34. The molecule has 0 aromatic heterocycles. The quantitative estimate of drug-likeness (QED) is 0.751. The Morgan fingerprint density at radius 2 is 2.17 bits per heavy atom. The molecule has 2 heterocycles. The van der Waals surface area contributed by atoms with Crippen LogP contribution in [0.25, 0.3) is 0 Å². The van der Waals surface area contributed by atoms with Crippen molar-refractivity contribution in [1.82, 2.24) is 4.90 Å². The molecule has 0 aromatic rings. The van der Waals surface area contributed by atoms with Crippen LogP contribution in [-0.4, -0.2) is 53.7 Å². The molecule has 0 N–H and O–H groups in total. The van der Waals surface area contributed by atoms with Crippen molar-refractivity contribution in [3.05, 3.63) is 0 Å². The molecule has 0 aromatic carbocycles. The van der Waals surface area contributed by atoms with Gasteiger partial charge >= 0.3 is 0 Å². The fourth-order valence-electron chi connectivity index (χ4n) is 2.23. The fourth-order valence-corrected chi connectivity index (χ4v) is 6.25. The van der Waals surface area contributed by atoms with Crippen molar-refractivity contribution in [3.63, 3.8) is 0 Å². The van der Waals surface area contributed by atoms with Crippen LogP contribution in [0.1, 0.15) is 20.8 Å². The summed E-state index contributed by atoms with van der Waals surface area (Å²) < 4.78 is 23.2. The SMILES string of the molecule is CCN1C(=NC(=O)C(C)C)S[C@H]2CS(=O)(=O)C[C@@H]21. The molecule has 5 nitrogen and oxygen atoms in total. The number of amides is 1. The lowest BCUT2D eigenvalue weighted by molar-refractivity contribution is -0.120. The van der Waals surface area contributed by atoms with Gasteiger partial charge in [0, 0.05) is 17.7 Å². The van der Waals surface area contributed by atoms with Crippen molar-refractivity contribution in [1.29, 1.82) is 0 Å². The first-order valence-electron chi connectivity index (χ1n) is 6.10. The summed E-state index contributed by atoms with van der Waals surface area (Å²) in [7, 11) is -2.92. The van der Waals surface area contributed by atoms with Crippen molar-refractivity contribution >= 4 is 32.7 Å². The van der Waals surface area contributed by atoms with Gasteiger partial charge in [0.1, 0.15) is 0 Å². The van der Waals surface area contributed by atoms with Gasteiger partial charge in [0.25, 0.3) is 5.91 Å². The molecule has 0 spiro atoms. The summed E-state index contributed by atoms with van der Waals surface area (Å²) in [5, 5.41) is 0.731. The minimum absolute atomic E-state index is 0.0105. The summed E-state index contributed by atoms with van der Waals surface area (Å²) in [5.41, 5.74) is 0. The summed E-state index contributed by atoms with van der Waals surface area (Å²) in [5.74, 6) is 0.126. The number of amidine groups is 1. The topological polar surface area (TPSA) is 66.8 Å². The summed E-state index contributed by atoms with van der Waals surface area (Å²) in [6.45, 7) is 6.28. The zero-order valence-corrected chi connectivity index (χ0v) is 12.4. The first-order valence-corrected chi connectivity index (χ1v) is 8.80. The number of rotatable bonds is 2. The number of fused-ring (bicyclic) bond motifs is 1. The molecule has 0 unspecified atom stereocenters. The summed E-state index contributed by atoms with van der Waals surface area (Å²) in [6, 6.07) is -0.0105. The minimum atomic E-state index is -2.92. The standard InChI is InChI=1S/C11H18N2O3S2/c1-4-13-8-5-18(15,16)6-9(8)17-11(13)12-10(14)7(2)3/h7-9H,4-6H2,1-3H3/t8-,9-/m0/s1. The number of hydrogen-bond acceptors (Lipinski definition) is 4. The highest BCUT2D eigenvalue weighted by atomic mass is 32.2. The molecule has 18 heavy (non-hydrogen) atoms. The largest absolute Gasteiger partial charge is 0.346 e. The molecule has 2 rings (SSSR count). The Morgan fingerprint density at radius 1 is 1.50 bits per heavy atom. The van der Waals surface area contributed by atoms with Crippen LogP contribution >= 0.6 is 11.8 Å². The van der Waals surface area contributed by atoms with Crippen LogP contribution in [0.4, 0.5) is 0 Å². The average molecular weight is 290 g/mol. The molecular weight excluding hydrogens is 272 g/mol. The van der Waals surface area contributed by atoms with Crippen LogP contribution in [0.2, 0.25) is 0 Å². The predicted octanol–water partition coefficient (Wildman–Crippen LogP) is 0.759. The van der Waals surface area contributed by atoms with Gasteiger partial charge < -0.3 is 4.90 Å². The molecule has 0 bridgehead atoms. The number of thioether (sulfide) groups is 1. The van der Waals surface area contributed by atoms with E-state index in [0.29, 0.717) is 11.7 Å². The van der Waals surface area contributed by atoms with Crippen LogP contribution in [0.3, 0.4) is 0 Å². The van der Waals surface area contributed by atoms with E-state index in [2.05, 4.69) is 4.99 Å². The first kappa shape index (κ1) is 13.9. The Balaban J connectivity index is 2.21. The van der Waals surface area contributed by atoms with E-state index in [1.54, 1.807) is 0 Å². The Morgan fingerprint density at radius 3 is 2.72 bits per heavy atom. The van der Waals surface area contributed by atoms with Gasteiger partial charge in [-0.15, -0.1) is 0 Å². The van der Waals surface area contributed by atoms with Crippen LogP contribution in [-0.2, 0) is 14.6 Å². The number of sulfone groups is 1. The smallest absolute Gasteiger partial charge is 0.250 e. The van der Waals surface area contributed by atoms with Gasteiger partial charge in [-0.1, -0.05) is 25.6 Å². The molecule has 0 aliphatic carbocycles. The van der Waals surface area contributed by atoms with E-state index in [1.165, 1.54) is 11.8 Å². The van der Waals surface area contributed by atoms with Crippen molar-refractivity contribution in [2.24, 2.45) is 10.9 Å². The van der Waals surface area contributed by atoms with E-state index in [0.717, 1.165) is 0 Å². The van der Waals surface area contributed by atoms with Crippen molar-refractivity contribution < 1.29 is 13.2 Å². The highest BCUT2D eigenvalue weighted by Gasteiger charge is 2.48. The third-order valence-electron chi connectivity index (χ3n) is 3.22. The summed E-state index contributed by atoms with van der Waals surface area (Å²) in [6.07, 6.45) is 0. The van der Waals surface area contributed by atoms with Gasteiger partial charge in [0.15, 0.2) is 15.0 Å². The Kier molecular flexibility index (Phi) is 3.73. The van der Waals surface area contributed by atoms with Crippen LogP contribution in [0, 0.1) is 5.92 Å². The maximum Gasteiger partial charge on any atom is 0.250 e. The van der Waals surface area contributed by atoms with Crippen LogP contribution in [0.5, 0.6) is 0 Å². The molecule has 0 radical (unpaired) electrons. The second-order valence-corrected chi connectivity index (χ2v) is 8.33. The summed E-state index contributed by atoms with van der Waals surface area (Å²) in [4.78, 5) is 17.7. The van der Waals surface area contributed by atoms with E-state index in [1.807, 2.05) is 25.7 Å².